The highest BCUT2D eigenvalue weighted by atomic mass is 127. The minimum Gasteiger partial charge on any atom is -0.382 e. The van der Waals surface area contributed by atoms with Crippen molar-refractivity contribution < 1.29 is 4.79 Å². The fourth-order valence-corrected chi connectivity index (χ4v) is 2.89. The second kappa shape index (κ2) is 7.43. The first-order valence-electron chi connectivity index (χ1n) is 7.38. The van der Waals surface area contributed by atoms with Crippen LogP contribution in [-0.4, -0.2) is 22.4 Å². The van der Waals surface area contributed by atoms with E-state index in [4.69, 9.17) is 5.73 Å². The number of aromatic nitrogens is 2. The summed E-state index contributed by atoms with van der Waals surface area (Å²) in [6.45, 7) is 0.773. The number of halogens is 1. The molecule has 1 aromatic carbocycles. The monoisotopic (exact) mass is 433 g/mol. The van der Waals surface area contributed by atoms with Gasteiger partial charge in [-0.05, 0) is 5.56 Å². The molecule has 122 valence electrons. The number of carbonyl (C=O) groups is 1. The largest absolute Gasteiger partial charge is 0.382 e. The quantitative estimate of drug-likeness (QED) is 0.562. The lowest BCUT2D eigenvalue weighted by Gasteiger charge is -2.30. The van der Waals surface area contributed by atoms with Crippen molar-refractivity contribution in [3.05, 3.63) is 64.0 Å². The number of amides is 1. The molecular formula is C17H16IN5O. The van der Waals surface area contributed by atoms with Gasteiger partial charge < -0.3 is 16.0 Å². The van der Waals surface area contributed by atoms with Gasteiger partial charge in [0.1, 0.15) is 5.69 Å². The summed E-state index contributed by atoms with van der Waals surface area (Å²) >= 11 is 2.02. The molecular weight excluding hydrogens is 417 g/mol. The minimum atomic E-state index is -0.123. The Labute approximate surface area is 153 Å². The van der Waals surface area contributed by atoms with Crippen LogP contribution in [0.4, 0.5) is 17.3 Å². The fraction of sp³-hybridized carbons (Fsp3) is 0.118. The number of nitrogens with zero attached hydrogens (tertiary/aromatic N) is 3. The number of nitrogens with one attached hydrogen (secondary N) is 1. The van der Waals surface area contributed by atoms with Gasteiger partial charge in [0.25, 0.3) is 0 Å². The zero-order valence-electron chi connectivity index (χ0n) is 12.8. The summed E-state index contributed by atoms with van der Waals surface area (Å²) < 4.78 is 0.549. The summed E-state index contributed by atoms with van der Waals surface area (Å²) in [5, 5.41) is 2.76. The summed E-state index contributed by atoms with van der Waals surface area (Å²) in [5.74, 6) is 0.810. The van der Waals surface area contributed by atoms with Crippen molar-refractivity contribution in [3.63, 3.8) is 0 Å². The molecule has 1 amide bonds. The van der Waals surface area contributed by atoms with Crippen LogP contribution in [0.3, 0.4) is 0 Å². The van der Waals surface area contributed by atoms with E-state index in [0.29, 0.717) is 21.9 Å². The molecule has 6 nitrogen and oxygen atoms in total. The Kier molecular flexibility index (Phi) is 5.09. The smallest absolute Gasteiger partial charge is 0.244 e. The van der Waals surface area contributed by atoms with Crippen molar-refractivity contribution in [3.8, 4) is 0 Å². The Morgan fingerprint density at radius 1 is 1.08 bits per heavy atom. The highest BCUT2D eigenvalue weighted by Gasteiger charge is 2.26. The van der Waals surface area contributed by atoms with E-state index in [0.717, 1.165) is 5.56 Å². The molecule has 0 spiro atoms. The Morgan fingerprint density at radius 3 is 2.38 bits per heavy atom. The third-order valence-electron chi connectivity index (χ3n) is 3.45. The van der Waals surface area contributed by atoms with Crippen LogP contribution in [0.5, 0.6) is 0 Å². The molecule has 0 bridgehead atoms. The van der Waals surface area contributed by atoms with E-state index in [9.17, 15) is 4.79 Å². The van der Waals surface area contributed by atoms with Crippen molar-refractivity contribution in [2.45, 2.75) is 6.54 Å². The number of nitrogen functional groups attached to an aromatic ring is 1. The molecule has 0 radical (unpaired) electrons. The normalized spacial score (nSPS) is 12.9. The standard InChI is InChI=1S/C17H16IN5O/c18-17-21-15(19)14-16(22-17)23(11-13(24)20-14)10-12-8-6-4-2-1-3-5-7-9-12/h1-9H,10-11H2,(H,20,24)(H2,19,21,22). The van der Waals surface area contributed by atoms with Gasteiger partial charge in [-0.2, -0.15) is 0 Å². The molecule has 1 aliphatic rings. The molecule has 1 aromatic heterocycles. The maximum atomic E-state index is 12.0. The fourth-order valence-electron chi connectivity index (χ4n) is 2.41. The van der Waals surface area contributed by atoms with Crippen LogP contribution in [0.1, 0.15) is 5.56 Å². The first-order valence-corrected chi connectivity index (χ1v) is 8.46. The number of rotatable bonds is 2. The van der Waals surface area contributed by atoms with Crippen LogP contribution in [0.2, 0.25) is 0 Å². The SMILES string of the molecule is Nc1nc(I)nc2c1NC(=O)CN2Cc1ccccccccc1. The Hall–Kier alpha value is -2.42. The lowest BCUT2D eigenvalue weighted by molar-refractivity contribution is -0.115. The summed E-state index contributed by atoms with van der Waals surface area (Å²) in [7, 11) is 0. The second-order valence-corrected chi connectivity index (χ2v) is 6.20. The highest BCUT2D eigenvalue weighted by molar-refractivity contribution is 14.1. The van der Waals surface area contributed by atoms with Gasteiger partial charge in [0.2, 0.25) is 5.91 Å². The molecule has 24 heavy (non-hydrogen) atoms. The number of hydrogen-bond donors (Lipinski definition) is 2. The Balaban J connectivity index is 1.99. The van der Waals surface area contributed by atoms with Crippen LogP contribution in [0.15, 0.2) is 54.6 Å². The van der Waals surface area contributed by atoms with E-state index in [1.807, 2.05) is 82.1 Å². The van der Waals surface area contributed by atoms with Gasteiger partial charge in [-0.3, -0.25) is 4.79 Å². The first kappa shape index (κ1) is 16.4. The molecule has 0 unspecified atom stereocenters. The van der Waals surface area contributed by atoms with Crippen molar-refractivity contribution in [1.82, 2.24) is 9.97 Å². The lowest BCUT2D eigenvalue weighted by Crippen LogP contribution is -2.39. The molecule has 0 aliphatic carbocycles. The zero-order valence-corrected chi connectivity index (χ0v) is 15.0. The van der Waals surface area contributed by atoms with Crippen LogP contribution >= 0.6 is 22.6 Å². The van der Waals surface area contributed by atoms with E-state index in [1.54, 1.807) is 0 Å². The lowest BCUT2D eigenvalue weighted by atomic mass is 10.2. The van der Waals surface area contributed by atoms with Crippen molar-refractivity contribution in [1.29, 1.82) is 0 Å². The van der Waals surface area contributed by atoms with Gasteiger partial charge in [0, 0.05) is 29.1 Å². The van der Waals surface area contributed by atoms with Crippen LogP contribution in [-0.2, 0) is 11.3 Å². The molecule has 0 saturated heterocycles. The van der Waals surface area contributed by atoms with E-state index < -0.39 is 0 Å². The highest BCUT2D eigenvalue weighted by Crippen LogP contribution is 2.32. The molecule has 1 aliphatic heterocycles. The summed E-state index contributed by atoms with van der Waals surface area (Å²) in [5.41, 5.74) is 7.47. The average molecular weight is 433 g/mol. The molecule has 3 rings (SSSR count). The minimum absolute atomic E-state index is 0.123. The third-order valence-corrected chi connectivity index (χ3v) is 3.93. The van der Waals surface area contributed by atoms with Crippen molar-refractivity contribution in [2.24, 2.45) is 0 Å². The number of carbonyl (C=O) groups excluding carboxylic acids is 1. The number of nitrogens with two attached hydrogens (primary N) is 1. The molecule has 2 aromatic rings. The maximum Gasteiger partial charge on any atom is 0.244 e. The zero-order chi connectivity index (χ0) is 16.9. The van der Waals surface area contributed by atoms with E-state index in [1.165, 1.54) is 0 Å². The van der Waals surface area contributed by atoms with E-state index >= 15 is 0 Å². The molecule has 0 fully saturated rings. The molecule has 3 N–H and O–H groups in total. The van der Waals surface area contributed by atoms with E-state index in [-0.39, 0.29) is 18.3 Å². The maximum absolute atomic E-state index is 12.0. The summed E-state index contributed by atoms with van der Waals surface area (Å²) in [6, 6.07) is 17.8. The molecule has 0 saturated carbocycles. The number of fused-ring (bicyclic) bond motifs is 1. The van der Waals surface area contributed by atoms with Gasteiger partial charge in [-0.25, -0.2) is 9.97 Å². The van der Waals surface area contributed by atoms with Crippen LogP contribution < -0.4 is 16.0 Å². The van der Waals surface area contributed by atoms with Gasteiger partial charge in [-0.1, -0.05) is 54.6 Å². The predicted octanol–water partition coefficient (Wildman–Crippen LogP) is 2.75. The first-order chi connectivity index (χ1) is 11.6. The summed E-state index contributed by atoms with van der Waals surface area (Å²) in [4.78, 5) is 22.5. The Morgan fingerprint density at radius 2 is 1.71 bits per heavy atom. The van der Waals surface area contributed by atoms with Gasteiger partial charge in [0.15, 0.2) is 15.5 Å². The third kappa shape index (κ3) is 3.91. The van der Waals surface area contributed by atoms with Crippen molar-refractivity contribution in [2.75, 3.05) is 22.5 Å². The molecule has 7 heteroatoms. The number of hydrogen-bond acceptors (Lipinski definition) is 5. The Bertz CT molecular complexity index is 801. The topological polar surface area (TPSA) is 84.1 Å². The van der Waals surface area contributed by atoms with E-state index in [2.05, 4.69) is 15.3 Å². The second-order valence-electron chi connectivity index (χ2n) is 5.24. The van der Waals surface area contributed by atoms with Crippen LogP contribution in [0, 0.1) is 3.83 Å². The van der Waals surface area contributed by atoms with Crippen LogP contribution in [0.25, 0.3) is 0 Å². The van der Waals surface area contributed by atoms with Gasteiger partial charge in [-0.15, -0.1) is 0 Å². The van der Waals surface area contributed by atoms with Crippen molar-refractivity contribution >= 4 is 45.8 Å². The molecule has 0 atom stereocenters. The predicted molar refractivity (Wildman–Crippen MR) is 103 cm³/mol. The summed E-state index contributed by atoms with van der Waals surface area (Å²) in [6.07, 6.45) is 0. The van der Waals surface area contributed by atoms with Gasteiger partial charge >= 0.3 is 0 Å². The number of anilines is 3. The average Bonchev–Trinajstić information content (AvgIpc) is 2.54. The van der Waals surface area contributed by atoms with Gasteiger partial charge in [0.05, 0.1) is 6.54 Å². The molecule has 2 heterocycles.